The summed E-state index contributed by atoms with van der Waals surface area (Å²) in [6, 6.07) is 0. The van der Waals surface area contributed by atoms with E-state index < -0.39 is 32.5 Å². The van der Waals surface area contributed by atoms with E-state index in [0.717, 1.165) is 89.9 Å². The van der Waals surface area contributed by atoms with Crippen molar-refractivity contribution in [1.82, 2.24) is 4.90 Å². The Bertz CT molecular complexity index is 1300. The standard InChI is InChI=1S/C49H82NO8P/c1-5-7-9-11-13-15-17-19-21-23-24-26-27-29-31-33-35-37-39-41-48(51)55-45-47(46-57-59(53,54)56-44-43-50(3)4)58-49(52)42-40-38-36-34-32-30-28-25-22-20-18-16-14-12-10-8-6-2/h7,9,13-16,19-22,24,26,28-31,47H,5-6,8,10-12,17-18,23,25,27,32-46H2,1-4H3,(H,53,54)/b9-7-,15-13-,16-14-,21-19-,22-20-,26-24-,30-28-,31-29-. The summed E-state index contributed by atoms with van der Waals surface area (Å²) < 4.78 is 33.4. The van der Waals surface area contributed by atoms with Gasteiger partial charge in [0, 0.05) is 19.4 Å². The Kier molecular flexibility index (Phi) is 40.8. The summed E-state index contributed by atoms with van der Waals surface area (Å²) in [5.74, 6) is -0.876. The second kappa shape index (κ2) is 43.0. The molecule has 10 heteroatoms. The zero-order valence-corrected chi connectivity index (χ0v) is 38.3. The highest BCUT2D eigenvalue weighted by atomic mass is 31.2. The van der Waals surface area contributed by atoms with Crippen molar-refractivity contribution < 1.29 is 37.6 Å². The summed E-state index contributed by atoms with van der Waals surface area (Å²) in [4.78, 5) is 37.1. The summed E-state index contributed by atoms with van der Waals surface area (Å²) in [7, 11) is -0.754. The zero-order chi connectivity index (χ0) is 43.3. The van der Waals surface area contributed by atoms with Crippen molar-refractivity contribution in [3.05, 3.63) is 97.2 Å². The van der Waals surface area contributed by atoms with Crippen LogP contribution in [-0.2, 0) is 32.7 Å². The minimum Gasteiger partial charge on any atom is -0.462 e. The van der Waals surface area contributed by atoms with Crippen LogP contribution in [-0.4, -0.2) is 68.3 Å². The van der Waals surface area contributed by atoms with Crippen molar-refractivity contribution in [2.24, 2.45) is 0 Å². The van der Waals surface area contributed by atoms with Crippen LogP contribution in [0.4, 0.5) is 0 Å². The number of esters is 2. The molecule has 0 amide bonds. The van der Waals surface area contributed by atoms with Crippen LogP contribution in [0.5, 0.6) is 0 Å². The summed E-state index contributed by atoms with van der Waals surface area (Å²) in [6.45, 7) is 4.09. The first kappa shape index (κ1) is 55.9. The molecule has 0 aliphatic heterocycles. The van der Waals surface area contributed by atoms with Crippen molar-refractivity contribution in [1.29, 1.82) is 0 Å². The van der Waals surface area contributed by atoms with Gasteiger partial charge in [0.1, 0.15) is 6.61 Å². The van der Waals surface area contributed by atoms with Crippen LogP contribution in [0.25, 0.3) is 0 Å². The number of allylic oxidation sites excluding steroid dienone is 16. The van der Waals surface area contributed by atoms with Crippen LogP contribution in [0.2, 0.25) is 0 Å². The Morgan fingerprint density at radius 1 is 0.542 bits per heavy atom. The summed E-state index contributed by atoms with van der Waals surface area (Å²) >= 11 is 0. The van der Waals surface area contributed by atoms with Gasteiger partial charge in [0.2, 0.25) is 0 Å². The van der Waals surface area contributed by atoms with E-state index in [0.29, 0.717) is 19.4 Å². The molecule has 2 atom stereocenters. The number of rotatable bonds is 40. The van der Waals surface area contributed by atoms with Gasteiger partial charge in [-0.25, -0.2) is 4.57 Å². The van der Waals surface area contributed by atoms with Crippen molar-refractivity contribution in [3.8, 4) is 0 Å². The molecule has 0 heterocycles. The van der Waals surface area contributed by atoms with Crippen molar-refractivity contribution in [2.75, 3.05) is 40.5 Å². The molecule has 9 nitrogen and oxygen atoms in total. The van der Waals surface area contributed by atoms with Crippen LogP contribution in [0.15, 0.2) is 97.2 Å². The Balaban J connectivity index is 4.40. The Morgan fingerprint density at radius 3 is 1.44 bits per heavy atom. The van der Waals surface area contributed by atoms with Gasteiger partial charge in [0.05, 0.1) is 13.2 Å². The molecule has 0 rings (SSSR count). The fourth-order valence-electron chi connectivity index (χ4n) is 5.42. The SMILES string of the molecule is CC/C=C\C/C=C\C/C=C\C/C=C\C/C=C\CCCCCC(=O)OCC(COP(=O)(O)OCCN(C)C)OC(=O)CCCCCC/C=C\C/C=C\C/C=C\CCCCC. The maximum atomic E-state index is 12.7. The third-order valence-electron chi connectivity index (χ3n) is 8.87. The molecule has 2 unspecified atom stereocenters. The number of carbonyl (C=O) groups is 2. The van der Waals surface area contributed by atoms with Gasteiger partial charge in [0.15, 0.2) is 6.10 Å². The lowest BCUT2D eigenvalue weighted by atomic mass is 10.1. The van der Waals surface area contributed by atoms with E-state index in [1.54, 1.807) is 4.90 Å². The monoisotopic (exact) mass is 844 g/mol. The second-order valence-corrected chi connectivity index (χ2v) is 16.3. The molecule has 336 valence electrons. The van der Waals surface area contributed by atoms with Gasteiger partial charge in [-0.15, -0.1) is 0 Å². The van der Waals surface area contributed by atoms with E-state index in [1.807, 2.05) is 14.1 Å². The summed E-state index contributed by atoms with van der Waals surface area (Å²) in [5.41, 5.74) is 0. The van der Waals surface area contributed by atoms with Gasteiger partial charge in [-0.3, -0.25) is 18.6 Å². The number of nitrogens with zero attached hydrogens (tertiary/aromatic N) is 1. The molecule has 59 heavy (non-hydrogen) atoms. The molecule has 0 radical (unpaired) electrons. The molecule has 0 aliphatic rings. The first-order valence-electron chi connectivity index (χ1n) is 22.5. The van der Waals surface area contributed by atoms with Gasteiger partial charge in [-0.2, -0.15) is 0 Å². The number of hydrogen-bond acceptors (Lipinski definition) is 8. The number of ether oxygens (including phenoxy) is 2. The lowest BCUT2D eigenvalue weighted by molar-refractivity contribution is -0.161. The maximum Gasteiger partial charge on any atom is 0.472 e. The highest BCUT2D eigenvalue weighted by molar-refractivity contribution is 7.47. The van der Waals surface area contributed by atoms with Gasteiger partial charge in [-0.05, 0) is 110 Å². The minimum absolute atomic E-state index is 0.00867. The van der Waals surface area contributed by atoms with Crippen LogP contribution >= 0.6 is 7.82 Å². The van der Waals surface area contributed by atoms with E-state index in [4.69, 9.17) is 18.5 Å². The predicted molar refractivity (Wildman–Crippen MR) is 247 cm³/mol. The second-order valence-electron chi connectivity index (χ2n) is 14.8. The van der Waals surface area contributed by atoms with Crippen LogP contribution in [0, 0.1) is 0 Å². The van der Waals surface area contributed by atoms with E-state index in [1.165, 1.54) is 25.7 Å². The van der Waals surface area contributed by atoms with Crippen LogP contribution < -0.4 is 0 Å². The quantitative estimate of drug-likeness (QED) is 0.0279. The Labute approximate surface area is 360 Å². The molecule has 0 aromatic heterocycles. The Hall–Kier alpha value is -3.07. The number of phosphoric acid groups is 1. The predicted octanol–water partition coefficient (Wildman–Crippen LogP) is 13.2. The minimum atomic E-state index is -4.38. The number of likely N-dealkylation sites (N-methyl/N-ethyl adjacent to an activating group) is 1. The average Bonchev–Trinajstić information content (AvgIpc) is 3.20. The number of unbranched alkanes of at least 4 members (excludes halogenated alkanes) is 10. The van der Waals surface area contributed by atoms with E-state index in [9.17, 15) is 19.0 Å². The molecular formula is C49H82NO8P. The van der Waals surface area contributed by atoms with Crippen molar-refractivity contribution in [2.45, 2.75) is 161 Å². The van der Waals surface area contributed by atoms with Gasteiger partial charge >= 0.3 is 19.8 Å². The molecule has 0 saturated heterocycles. The van der Waals surface area contributed by atoms with Crippen molar-refractivity contribution >= 4 is 19.8 Å². The number of hydrogen-bond donors (Lipinski definition) is 1. The average molecular weight is 844 g/mol. The molecule has 0 aromatic rings. The van der Waals surface area contributed by atoms with E-state index in [-0.39, 0.29) is 26.1 Å². The third kappa shape index (κ3) is 44.3. The van der Waals surface area contributed by atoms with E-state index in [2.05, 4.69) is 111 Å². The molecular weight excluding hydrogens is 762 g/mol. The molecule has 0 fully saturated rings. The van der Waals surface area contributed by atoms with E-state index >= 15 is 0 Å². The largest absolute Gasteiger partial charge is 0.472 e. The summed E-state index contributed by atoms with van der Waals surface area (Å²) in [6.07, 6.45) is 54.5. The topological polar surface area (TPSA) is 112 Å². The summed E-state index contributed by atoms with van der Waals surface area (Å²) in [5, 5.41) is 0. The first-order chi connectivity index (χ1) is 28.7. The van der Waals surface area contributed by atoms with Gasteiger partial charge < -0.3 is 19.3 Å². The van der Waals surface area contributed by atoms with Crippen molar-refractivity contribution in [3.63, 3.8) is 0 Å². The number of carbonyl (C=O) groups excluding carboxylic acids is 2. The van der Waals surface area contributed by atoms with Crippen LogP contribution in [0.3, 0.4) is 0 Å². The molecule has 0 saturated carbocycles. The highest BCUT2D eigenvalue weighted by Gasteiger charge is 2.26. The fraction of sp³-hybridized carbons (Fsp3) is 0.633. The highest BCUT2D eigenvalue weighted by Crippen LogP contribution is 2.43. The molecule has 0 bridgehead atoms. The normalized spacial score (nSPS) is 14.3. The number of phosphoric ester groups is 1. The first-order valence-corrected chi connectivity index (χ1v) is 24.0. The third-order valence-corrected chi connectivity index (χ3v) is 9.86. The fourth-order valence-corrected chi connectivity index (χ4v) is 6.17. The molecule has 0 aromatic carbocycles. The zero-order valence-electron chi connectivity index (χ0n) is 37.4. The maximum absolute atomic E-state index is 12.7. The smallest absolute Gasteiger partial charge is 0.462 e. The lowest BCUT2D eigenvalue weighted by Crippen LogP contribution is -2.29. The Morgan fingerprint density at radius 2 is 0.966 bits per heavy atom. The molecule has 0 aliphatic carbocycles. The van der Waals surface area contributed by atoms with Crippen LogP contribution in [0.1, 0.15) is 155 Å². The molecule has 0 spiro atoms. The van der Waals surface area contributed by atoms with Gasteiger partial charge in [-0.1, -0.05) is 143 Å². The lowest BCUT2D eigenvalue weighted by Gasteiger charge is -2.20. The van der Waals surface area contributed by atoms with Gasteiger partial charge in [0.25, 0.3) is 0 Å². The molecule has 1 N–H and O–H groups in total.